The van der Waals surface area contributed by atoms with Crippen LogP contribution < -0.4 is 24.8 Å². The number of carbonyl (C=O) groups excluding carboxylic acids is 2. The van der Waals surface area contributed by atoms with Gasteiger partial charge in [-0.05, 0) is 36.2 Å². The van der Waals surface area contributed by atoms with Crippen molar-refractivity contribution < 1.29 is 23.8 Å². The first-order valence-corrected chi connectivity index (χ1v) is 8.63. The van der Waals surface area contributed by atoms with E-state index in [1.54, 1.807) is 24.3 Å². The smallest absolute Gasteiger partial charge is 0.233 e. The van der Waals surface area contributed by atoms with Crippen molar-refractivity contribution >= 4 is 29.1 Å². The summed E-state index contributed by atoms with van der Waals surface area (Å²) in [5.41, 5.74) is 2.11. The summed E-state index contributed by atoms with van der Waals surface area (Å²) >= 11 is 6.05. The predicted molar refractivity (Wildman–Crippen MR) is 100 cm³/mol. The Labute approximate surface area is 161 Å². The second-order valence-corrected chi connectivity index (χ2v) is 6.40. The number of rotatable bonds is 6. The Morgan fingerprint density at radius 2 is 1.93 bits per heavy atom. The van der Waals surface area contributed by atoms with Crippen molar-refractivity contribution in [2.75, 3.05) is 19.2 Å². The van der Waals surface area contributed by atoms with Gasteiger partial charge in [-0.25, -0.2) is 0 Å². The van der Waals surface area contributed by atoms with Gasteiger partial charge < -0.3 is 24.8 Å². The van der Waals surface area contributed by atoms with E-state index in [0.29, 0.717) is 28.0 Å². The highest BCUT2D eigenvalue weighted by Crippen LogP contribution is 2.32. The minimum atomic E-state index is -0.446. The molecule has 0 radical (unpaired) electrons. The fraction of sp³-hybridized carbons (Fsp3) is 0.263. The maximum atomic E-state index is 12.2. The van der Waals surface area contributed by atoms with Crippen LogP contribution in [0.25, 0.3) is 0 Å². The van der Waals surface area contributed by atoms with Gasteiger partial charge in [0.15, 0.2) is 11.5 Å². The van der Waals surface area contributed by atoms with Crippen LogP contribution in [0.4, 0.5) is 5.69 Å². The minimum Gasteiger partial charge on any atom is -0.495 e. The molecule has 2 amide bonds. The molecule has 2 N–H and O–H groups in total. The van der Waals surface area contributed by atoms with Gasteiger partial charge in [-0.2, -0.15) is 0 Å². The Balaban J connectivity index is 1.53. The van der Waals surface area contributed by atoms with Crippen LogP contribution >= 0.6 is 11.6 Å². The highest BCUT2D eigenvalue weighted by molar-refractivity contribution is 6.31. The Kier molecular flexibility index (Phi) is 5.71. The summed E-state index contributed by atoms with van der Waals surface area (Å²) in [6.45, 7) is 2.29. The van der Waals surface area contributed by atoms with Gasteiger partial charge in [0.25, 0.3) is 0 Å². The Hall–Kier alpha value is -2.93. The number of halogens is 1. The minimum absolute atomic E-state index is 0.193. The highest BCUT2D eigenvalue weighted by atomic mass is 35.5. The van der Waals surface area contributed by atoms with Crippen molar-refractivity contribution in [2.45, 2.75) is 19.9 Å². The van der Waals surface area contributed by atoms with E-state index in [0.717, 1.165) is 11.1 Å². The second kappa shape index (κ2) is 8.18. The van der Waals surface area contributed by atoms with E-state index in [4.69, 9.17) is 25.8 Å². The van der Waals surface area contributed by atoms with Crippen LogP contribution in [0.5, 0.6) is 17.2 Å². The van der Waals surface area contributed by atoms with E-state index in [-0.39, 0.29) is 19.8 Å². The summed E-state index contributed by atoms with van der Waals surface area (Å²) in [5, 5.41) is 5.91. The van der Waals surface area contributed by atoms with E-state index in [1.165, 1.54) is 7.11 Å². The number of nitrogens with one attached hydrogen (secondary N) is 2. The van der Waals surface area contributed by atoms with E-state index >= 15 is 0 Å². The van der Waals surface area contributed by atoms with Gasteiger partial charge in [0, 0.05) is 17.6 Å². The molecule has 1 aliphatic heterocycles. The largest absolute Gasteiger partial charge is 0.495 e. The van der Waals surface area contributed by atoms with Crippen molar-refractivity contribution in [3.05, 3.63) is 46.5 Å². The summed E-state index contributed by atoms with van der Waals surface area (Å²) in [5.74, 6) is 0.911. The molecule has 0 unspecified atom stereocenters. The summed E-state index contributed by atoms with van der Waals surface area (Å²) in [4.78, 5) is 24.2. The molecule has 2 aromatic carbocycles. The number of carbonyl (C=O) groups is 2. The van der Waals surface area contributed by atoms with Crippen LogP contribution in [0.15, 0.2) is 30.3 Å². The van der Waals surface area contributed by atoms with Gasteiger partial charge in [0.2, 0.25) is 18.6 Å². The zero-order valence-corrected chi connectivity index (χ0v) is 15.7. The van der Waals surface area contributed by atoms with Gasteiger partial charge in [0.1, 0.15) is 12.2 Å². The van der Waals surface area contributed by atoms with Gasteiger partial charge in [-0.3, -0.25) is 9.59 Å². The topological polar surface area (TPSA) is 85.9 Å². The lowest BCUT2D eigenvalue weighted by molar-refractivity contribution is -0.126. The average Bonchev–Trinajstić information content (AvgIpc) is 3.10. The molecular formula is C19H19ClN2O5. The number of methoxy groups -OCH3 is 1. The van der Waals surface area contributed by atoms with Crippen LogP contribution in [-0.4, -0.2) is 25.7 Å². The van der Waals surface area contributed by atoms with E-state index in [9.17, 15) is 9.59 Å². The van der Waals surface area contributed by atoms with Crippen molar-refractivity contribution in [3.63, 3.8) is 0 Å². The summed E-state index contributed by atoms with van der Waals surface area (Å²) in [6.07, 6.45) is -0.310. The molecule has 0 saturated heterocycles. The number of hydrogen-bond donors (Lipinski definition) is 2. The molecule has 7 nitrogen and oxygen atoms in total. The van der Waals surface area contributed by atoms with Crippen molar-refractivity contribution in [3.8, 4) is 17.2 Å². The third-order valence-corrected chi connectivity index (χ3v) is 4.41. The average molecular weight is 391 g/mol. The van der Waals surface area contributed by atoms with Gasteiger partial charge in [-0.15, -0.1) is 0 Å². The van der Waals surface area contributed by atoms with Gasteiger partial charge in [-0.1, -0.05) is 17.7 Å². The lowest BCUT2D eigenvalue weighted by atomic mass is 10.2. The Bertz CT molecular complexity index is 885. The molecule has 1 aliphatic rings. The number of amides is 2. The molecule has 0 bridgehead atoms. The van der Waals surface area contributed by atoms with Crippen LogP contribution in [0, 0.1) is 6.92 Å². The van der Waals surface area contributed by atoms with Crippen molar-refractivity contribution in [1.82, 2.24) is 5.32 Å². The van der Waals surface area contributed by atoms with Crippen LogP contribution in [0.1, 0.15) is 17.5 Å². The second-order valence-electron chi connectivity index (χ2n) is 5.99. The molecule has 1 heterocycles. The van der Waals surface area contributed by atoms with E-state index < -0.39 is 11.8 Å². The molecule has 0 saturated carbocycles. The molecule has 0 aromatic heterocycles. The first kappa shape index (κ1) is 18.8. The highest BCUT2D eigenvalue weighted by Gasteiger charge is 2.15. The Morgan fingerprint density at radius 3 is 2.70 bits per heavy atom. The standard InChI is InChI=1S/C19H19ClN2O5/c1-11-5-14(16(25-2)7-13(11)20)22-19(24)8-18(23)21-9-12-3-4-15-17(6-12)27-10-26-15/h3-7H,8-10H2,1-2H3,(H,21,23)(H,22,24). The molecule has 8 heteroatoms. The number of aryl methyl sites for hydroxylation is 1. The quantitative estimate of drug-likeness (QED) is 0.740. The zero-order chi connectivity index (χ0) is 19.4. The van der Waals surface area contributed by atoms with E-state index in [1.807, 2.05) is 13.0 Å². The molecule has 0 aliphatic carbocycles. The monoisotopic (exact) mass is 390 g/mol. The maximum Gasteiger partial charge on any atom is 0.233 e. The number of benzene rings is 2. The van der Waals surface area contributed by atoms with E-state index in [2.05, 4.69) is 10.6 Å². The predicted octanol–water partition coefficient (Wildman–Crippen LogP) is 3.03. The SMILES string of the molecule is COc1cc(Cl)c(C)cc1NC(=O)CC(=O)NCc1ccc2c(c1)OCO2. The lowest BCUT2D eigenvalue weighted by Gasteiger charge is -2.12. The first-order chi connectivity index (χ1) is 13.0. The number of fused-ring (bicyclic) bond motifs is 1. The maximum absolute atomic E-state index is 12.2. The zero-order valence-electron chi connectivity index (χ0n) is 14.9. The third-order valence-electron chi connectivity index (χ3n) is 4.00. The molecule has 2 aromatic rings. The fourth-order valence-electron chi connectivity index (χ4n) is 2.58. The molecule has 142 valence electrons. The van der Waals surface area contributed by atoms with Crippen molar-refractivity contribution in [1.29, 1.82) is 0 Å². The third kappa shape index (κ3) is 4.62. The number of hydrogen-bond acceptors (Lipinski definition) is 5. The van der Waals surface area contributed by atoms with Crippen LogP contribution in [-0.2, 0) is 16.1 Å². The Morgan fingerprint density at radius 1 is 1.15 bits per heavy atom. The van der Waals surface area contributed by atoms with Gasteiger partial charge in [0.05, 0.1) is 12.8 Å². The van der Waals surface area contributed by atoms with Crippen LogP contribution in [0.3, 0.4) is 0 Å². The number of ether oxygens (including phenoxy) is 3. The normalized spacial score (nSPS) is 11.8. The molecule has 27 heavy (non-hydrogen) atoms. The molecule has 0 atom stereocenters. The molecular weight excluding hydrogens is 372 g/mol. The van der Waals surface area contributed by atoms with Crippen molar-refractivity contribution in [2.24, 2.45) is 0 Å². The molecule has 0 fully saturated rings. The van der Waals surface area contributed by atoms with Crippen LogP contribution in [0.2, 0.25) is 5.02 Å². The number of anilines is 1. The summed E-state index contributed by atoms with van der Waals surface area (Å²) in [7, 11) is 1.48. The summed E-state index contributed by atoms with van der Waals surface area (Å²) < 4.78 is 15.7. The molecule has 0 spiro atoms. The first-order valence-electron chi connectivity index (χ1n) is 8.25. The van der Waals surface area contributed by atoms with Gasteiger partial charge >= 0.3 is 0 Å². The summed E-state index contributed by atoms with van der Waals surface area (Å²) in [6, 6.07) is 8.72. The fourth-order valence-corrected chi connectivity index (χ4v) is 2.74. The lowest BCUT2D eigenvalue weighted by Crippen LogP contribution is -2.27. The molecule has 3 rings (SSSR count).